The molecule has 0 saturated carbocycles. The number of ether oxygens (including phenoxy) is 1. The molecule has 0 aliphatic heterocycles. The van der Waals surface area contributed by atoms with Crippen molar-refractivity contribution in [1.82, 2.24) is 9.66 Å². The van der Waals surface area contributed by atoms with Gasteiger partial charge in [-0.05, 0) is 48.9 Å². The number of hydrogen-bond donors (Lipinski definition) is 0. The largest absolute Gasteiger partial charge is 0.465 e. The lowest BCUT2D eigenvalue weighted by Gasteiger charge is -2.08. The van der Waals surface area contributed by atoms with Crippen LogP contribution in [0, 0.1) is 0 Å². The molecular formula is C25H22BrN3O4. The SMILES string of the molecule is CCCCc1nc2ccc(Br)cc2c(=O)n1N=Cc1ccc(-c2ccc(C(=O)OC)cc2)o1. The van der Waals surface area contributed by atoms with Crippen LogP contribution < -0.4 is 5.56 Å². The van der Waals surface area contributed by atoms with Gasteiger partial charge in [0.2, 0.25) is 0 Å². The molecule has 0 amide bonds. The summed E-state index contributed by atoms with van der Waals surface area (Å²) < 4.78 is 12.7. The molecule has 0 aliphatic carbocycles. The summed E-state index contributed by atoms with van der Waals surface area (Å²) in [6.45, 7) is 2.09. The van der Waals surface area contributed by atoms with Crippen LogP contribution in [-0.2, 0) is 11.2 Å². The third-order valence-corrected chi connectivity index (χ3v) is 5.64. The van der Waals surface area contributed by atoms with Gasteiger partial charge >= 0.3 is 5.97 Å². The van der Waals surface area contributed by atoms with Crippen LogP contribution in [0.5, 0.6) is 0 Å². The van der Waals surface area contributed by atoms with E-state index in [1.165, 1.54) is 18.0 Å². The molecule has 8 heteroatoms. The van der Waals surface area contributed by atoms with E-state index in [9.17, 15) is 9.59 Å². The van der Waals surface area contributed by atoms with Gasteiger partial charge < -0.3 is 9.15 Å². The summed E-state index contributed by atoms with van der Waals surface area (Å²) >= 11 is 3.41. The van der Waals surface area contributed by atoms with Gasteiger partial charge in [0.05, 0.1) is 29.8 Å². The number of aromatic nitrogens is 2. The lowest BCUT2D eigenvalue weighted by atomic mass is 10.1. The van der Waals surface area contributed by atoms with Crippen molar-refractivity contribution in [1.29, 1.82) is 0 Å². The number of methoxy groups -OCH3 is 1. The summed E-state index contributed by atoms with van der Waals surface area (Å²) in [6.07, 6.45) is 4.03. The lowest BCUT2D eigenvalue weighted by Crippen LogP contribution is -2.22. The summed E-state index contributed by atoms with van der Waals surface area (Å²) in [5.41, 5.74) is 1.69. The van der Waals surface area contributed by atoms with E-state index in [4.69, 9.17) is 9.15 Å². The van der Waals surface area contributed by atoms with E-state index in [1.54, 1.807) is 36.4 Å². The van der Waals surface area contributed by atoms with Crippen molar-refractivity contribution in [3.63, 3.8) is 0 Å². The van der Waals surface area contributed by atoms with Gasteiger partial charge in [-0.3, -0.25) is 4.79 Å². The van der Waals surface area contributed by atoms with Crippen molar-refractivity contribution in [3.05, 3.63) is 86.6 Å². The Morgan fingerprint density at radius 1 is 1.18 bits per heavy atom. The normalized spacial score (nSPS) is 11.4. The zero-order valence-corrected chi connectivity index (χ0v) is 19.8. The minimum Gasteiger partial charge on any atom is -0.465 e. The number of benzene rings is 2. The van der Waals surface area contributed by atoms with Gasteiger partial charge in [0.25, 0.3) is 5.56 Å². The highest BCUT2D eigenvalue weighted by atomic mass is 79.9. The monoisotopic (exact) mass is 507 g/mol. The molecule has 7 nitrogen and oxygen atoms in total. The number of carbonyl (C=O) groups is 1. The van der Waals surface area contributed by atoms with Gasteiger partial charge in [0.1, 0.15) is 17.3 Å². The van der Waals surface area contributed by atoms with Gasteiger partial charge in [-0.25, -0.2) is 9.78 Å². The maximum Gasteiger partial charge on any atom is 0.337 e. The van der Waals surface area contributed by atoms with Crippen molar-refractivity contribution in [2.45, 2.75) is 26.2 Å². The molecule has 4 rings (SSSR count). The second kappa shape index (κ2) is 9.95. The highest BCUT2D eigenvalue weighted by molar-refractivity contribution is 9.10. The average Bonchev–Trinajstić information content (AvgIpc) is 3.31. The van der Waals surface area contributed by atoms with E-state index in [0.29, 0.717) is 40.2 Å². The van der Waals surface area contributed by atoms with E-state index in [-0.39, 0.29) is 5.56 Å². The van der Waals surface area contributed by atoms with Gasteiger partial charge in [-0.15, -0.1) is 0 Å². The Morgan fingerprint density at radius 2 is 1.97 bits per heavy atom. The first-order valence-electron chi connectivity index (χ1n) is 10.5. The Bertz CT molecular complexity index is 1390. The number of rotatable bonds is 7. The number of nitrogens with zero attached hydrogens (tertiary/aromatic N) is 3. The van der Waals surface area contributed by atoms with E-state index in [0.717, 1.165) is 22.9 Å². The van der Waals surface area contributed by atoms with Crippen LogP contribution >= 0.6 is 15.9 Å². The maximum absolute atomic E-state index is 13.1. The van der Waals surface area contributed by atoms with Crippen LogP contribution in [0.4, 0.5) is 0 Å². The van der Waals surface area contributed by atoms with Crippen LogP contribution in [0.1, 0.15) is 41.7 Å². The predicted molar refractivity (Wildman–Crippen MR) is 131 cm³/mol. The van der Waals surface area contributed by atoms with Crippen LogP contribution in [0.2, 0.25) is 0 Å². The lowest BCUT2D eigenvalue weighted by molar-refractivity contribution is 0.0600. The fraction of sp³-hybridized carbons (Fsp3) is 0.200. The molecule has 0 spiro atoms. The number of unbranched alkanes of at least 4 members (excludes halogenated alkanes) is 1. The standard InChI is InChI=1S/C25H22BrN3O4/c1-3-4-5-23-28-21-12-10-18(26)14-20(21)24(30)29(23)27-15-19-11-13-22(33-19)16-6-8-17(9-7-16)25(31)32-2/h6-15H,3-5H2,1-2H3. The minimum atomic E-state index is -0.394. The third kappa shape index (κ3) is 4.96. The number of aryl methyl sites for hydroxylation is 1. The second-order valence-corrected chi connectivity index (χ2v) is 8.34. The number of hydrogen-bond acceptors (Lipinski definition) is 6. The number of esters is 1. The van der Waals surface area contributed by atoms with Crippen LogP contribution in [-0.4, -0.2) is 29.0 Å². The molecule has 4 aromatic rings. The topological polar surface area (TPSA) is 86.7 Å². The van der Waals surface area contributed by atoms with Crippen LogP contribution in [0.3, 0.4) is 0 Å². The van der Waals surface area contributed by atoms with Crippen molar-refractivity contribution in [3.8, 4) is 11.3 Å². The second-order valence-electron chi connectivity index (χ2n) is 7.43. The zero-order chi connectivity index (χ0) is 23.4. The predicted octanol–water partition coefficient (Wildman–Crippen LogP) is 5.43. The molecule has 0 atom stereocenters. The molecule has 0 aliphatic rings. The minimum absolute atomic E-state index is 0.228. The molecular weight excluding hydrogens is 486 g/mol. The molecule has 2 aromatic carbocycles. The van der Waals surface area contributed by atoms with Crippen molar-refractivity contribution >= 4 is 39.0 Å². The summed E-state index contributed by atoms with van der Waals surface area (Å²) in [5, 5.41) is 4.90. The highest BCUT2D eigenvalue weighted by Crippen LogP contribution is 2.22. The van der Waals surface area contributed by atoms with E-state index >= 15 is 0 Å². The van der Waals surface area contributed by atoms with Crippen molar-refractivity contribution in [2.24, 2.45) is 5.10 Å². The fourth-order valence-corrected chi connectivity index (χ4v) is 3.75. The van der Waals surface area contributed by atoms with E-state index in [1.807, 2.05) is 18.2 Å². The Hall–Kier alpha value is -3.52. The molecule has 168 valence electrons. The quantitative estimate of drug-likeness (QED) is 0.246. The number of furan rings is 1. The van der Waals surface area contributed by atoms with Crippen molar-refractivity contribution < 1.29 is 13.9 Å². The summed E-state index contributed by atoms with van der Waals surface area (Å²) in [4.78, 5) is 29.4. The van der Waals surface area contributed by atoms with Crippen LogP contribution in [0.15, 0.2) is 73.4 Å². The van der Waals surface area contributed by atoms with Gasteiger partial charge in [0.15, 0.2) is 0 Å². The Morgan fingerprint density at radius 3 is 2.70 bits per heavy atom. The number of carbonyl (C=O) groups excluding carboxylic acids is 1. The first-order chi connectivity index (χ1) is 16.0. The summed E-state index contributed by atoms with van der Waals surface area (Å²) in [6, 6.07) is 16.0. The molecule has 2 heterocycles. The van der Waals surface area contributed by atoms with Gasteiger partial charge in [-0.2, -0.15) is 9.78 Å². The van der Waals surface area contributed by atoms with E-state index in [2.05, 4.69) is 32.9 Å². The van der Waals surface area contributed by atoms with E-state index < -0.39 is 5.97 Å². The summed E-state index contributed by atoms with van der Waals surface area (Å²) in [7, 11) is 1.34. The molecule has 0 saturated heterocycles. The highest BCUT2D eigenvalue weighted by Gasteiger charge is 2.12. The number of halogens is 1. The molecule has 2 aromatic heterocycles. The smallest absolute Gasteiger partial charge is 0.337 e. The Balaban J connectivity index is 1.66. The molecule has 0 N–H and O–H groups in total. The first-order valence-corrected chi connectivity index (χ1v) is 11.3. The Labute approximate surface area is 198 Å². The molecule has 0 bridgehead atoms. The third-order valence-electron chi connectivity index (χ3n) is 5.15. The van der Waals surface area contributed by atoms with Gasteiger partial charge in [-0.1, -0.05) is 41.4 Å². The molecule has 33 heavy (non-hydrogen) atoms. The van der Waals surface area contributed by atoms with Crippen molar-refractivity contribution in [2.75, 3.05) is 7.11 Å². The first kappa shape index (κ1) is 22.7. The van der Waals surface area contributed by atoms with Crippen LogP contribution in [0.25, 0.3) is 22.2 Å². The maximum atomic E-state index is 13.1. The zero-order valence-electron chi connectivity index (χ0n) is 18.2. The average molecular weight is 508 g/mol. The summed E-state index contributed by atoms with van der Waals surface area (Å²) in [5.74, 6) is 1.32. The van der Waals surface area contributed by atoms with Gasteiger partial charge in [0, 0.05) is 16.5 Å². The Kier molecular flexibility index (Phi) is 6.84. The number of fused-ring (bicyclic) bond motifs is 1. The fourth-order valence-electron chi connectivity index (χ4n) is 3.39. The molecule has 0 fully saturated rings. The molecule has 0 unspecified atom stereocenters. The molecule has 0 radical (unpaired) electrons.